The van der Waals surface area contributed by atoms with Crippen molar-refractivity contribution in [3.05, 3.63) is 192 Å². The molecule has 322 valence electrons. The van der Waals surface area contributed by atoms with Crippen LogP contribution in [0.1, 0.15) is 61.8 Å². The largest absolute Gasteiger partial charge is 0.454 e. The Balaban J connectivity index is 1.12. The Kier molecular flexibility index (Phi) is 9.78. The van der Waals surface area contributed by atoms with Crippen LogP contribution in [0.5, 0.6) is 0 Å². The summed E-state index contributed by atoms with van der Waals surface area (Å²) in [5.74, 6) is 0. The molecule has 2 heterocycles. The van der Waals surface area contributed by atoms with Crippen LogP contribution in [0.2, 0.25) is 0 Å². The van der Waals surface area contributed by atoms with E-state index >= 15 is 0 Å². The third-order valence-electron chi connectivity index (χ3n) is 14.0. The van der Waals surface area contributed by atoms with Gasteiger partial charge in [-0.1, -0.05) is 148 Å². The first kappa shape index (κ1) is 40.0. The van der Waals surface area contributed by atoms with Crippen molar-refractivity contribution >= 4 is 110 Å². The van der Waals surface area contributed by atoms with Crippen molar-refractivity contribution < 1.29 is 8.83 Å². The molecule has 0 aliphatic rings. The predicted octanol–water partition coefficient (Wildman–Crippen LogP) is 18.6. The van der Waals surface area contributed by atoms with Crippen LogP contribution in [0.4, 0.5) is 34.1 Å². The molecule has 0 N–H and O–H groups in total. The predicted molar refractivity (Wildman–Crippen MR) is 281 cm³/mol. The number of hydrogen-bond acceptors (Lipinski definition) is 4. The minimum atomic E-state index is 0.900. The highest BCUT2D eigenvalue weighted by Gasteiger charge is 2.27. The average Bonchev–Trinajstić information content (AvgIpc) is 3.95. The smallest absolute Gasteiger partial charge is 0.159 e. The number of benzene rings is 10. The Morgan fingerprint density at radius 1 is 0.348 bits per heavy atom. The zero-order chi connectivity index (χ0) is 44.5. The summed E-state index contributed by atoms with van der Waals surface area (Å²) in [5, 5.41) is 12.0. The molecule has 0 unspecified atom stereocenters. The van der Waals surface area contributed by atoms with Crippen LogP contribution in [0.3, 0.4) is 0 Å². The number of nitrogens with zero attached hydrogens (tertiary/aromatic N) is 2. The molecule has 10 aromatic carbocycles. The molecule has 4 nitrogen and oxygen atoms in total. The summed E-state index contributed by atoms with van der Waals surface area (Å²) in [4.78, 5) is 4.85. The first-order valence-corrected chi connectivity index (χ1v) is 23.8. The van der Waals surface area contributed by atoms with E-state index in [1.54, 1.807) is 0 Å². The van der Waals surface area contributed by atoms with Crippen LogP contribution in [-0.4, -0.2) is 0 Å². The number of fused-ring (bicyclic) bond motifs is 6. The van der Waals surface area contributed by atoms with Crippen molar-refractivity contribution in [2.75, 3.05) is 9.80 Å². The Morgan fingerprint density at radius 2 is 0.727 bits per heavy atom. The minimum Gasteiger partial charge on any atom is -0.454 e. The van der Waals surface area contributed by atoms with Gasteiger partial charge in [0.2, 0.25) is 0 Å². The van der Waals surface area contributed by atoms with Crippen LogP contribution in [-0.2, 0) is 12.8 Å². The third-order valence-corrected chi connectivity index (χ3v) is 14.0. The van der Waals surface area contributed by atoms with E-state index in [2.05, 4.69) is 207 Å². The molecular weight excluding hydrogens is 805 g/mol. The van der Waals surface area contributed by atoms with Gasteiger partial charge in [0.25, 0.3) is 0 Å². The van der Waals surface area contributed by atoms with E-state index < -0.39 is 0 Å². The minimum absolute atomic E-state index is 0.900. The van der Waals surface area contributed by atoms with Gasteiger partial charge >= 0.3 is 0 Å². The van der Waals surface area contributed by atoms with E-state index in [0.29, 0.717) is 0 Å². The molecule has 0 aliphatic heterocycles. The number of para-hydroxylation sites is 6. The normalized spacial score (nSPS) is 12.0. The number of aryl methyl sites for hydroxylation is 4. The molecule has 12 aromatic rings. The van der Waals surface area contributed by atoms with E-state index in [1.807, 2.05) is 0 Å². The highest BCUT2D eigenvalue weighted by molar-refractivity contribution is 6.30. The number of anilines is 6. The molecule has 12 rings (SSSR count). The Morgan fingerprint density at radius 3 is 1.14 bits per heavy atom. The fourth-order valence-electron chi connectivity index (χ4n) is 10.8. The summed E-state index contributed by atoms with van der Waals surface area (Å²) in [6, 6.07) is 62.3. The summed E-state index contributed by atoms with van der Waals surface area (Å²) in [6.07, 6.45) is 6.52. The molecular formula is C62H52N2O2. The molecule has 0 radical (unpaired) electrons. The number of furan rings is 2. The van der Waals surface area contributed by atoms with E-state index in [0.717, 1.165) is 106 Å². The van der Waals surface area contributed by atoms with Gasteiger partial charge < -0.3 is 18.6 Å². The van der Waals surface area contributed by atoms with Crippen LogP contribution in [0.15, 0.2) is 179 Å². The topological polar surface area (TPSA) is 32.8 Å². The van der Waals surface area contributed by atoms with Crippen LogP contribution in [0.25, 0.3) is 76.2 Å². The molecule has 0 fully saturated rings. The maximum Gasteiger partial charge on any atom is 0.159 e. The maximum atomic E-state index is 7.05. The fraction of sp³-hybridized carbons (Fsp3) is 0.161. The SMILES string of the molecule is CCCCc1cccc2c1oc1c(N(c3ccccc3)c3cc(C)c4ccc5c(N(c6ccccc6)c6cccc7c6oc6c(CCCC)cccc67)cc(C)c6ccc3c4c65)cccc12. The van der Waals surface area contributed by atoms with Crippen LogP contribution < -0.4 is 9.80 Å². The number of hydrogen-bond donors (Lipinski definition) is 0. The Bertz CT molecular complexity index is 3520. The van der Waals surface area contributed by atoms with Crippen molar-refractivity contribution in [3.8, 4) is 0 Å². The molecule has 0 atom stereocenters. The van der Waals surface area contributed by atoms with Gasteiger partial charge in [-0.3, -0.25) is 0 Å². The zero-order valence-corrected chi connectivity index (χ0v) is 38.1. The quantitative estimate of drug-likeness (QED) is 0.115. The second-order valence-electron chi connectivity index (χ2n) is 18.1. The Labute approximate surface area is 385 Å². The average molecular weight is 857 g/mol. The second-order valence-corrected chi connectivity index (χ2v) is 18.1. The van der Waals surface area contributed by atoms with Gasteiger partial charge in [0.05, 0.1) is 22.7 Å². The third kappa shape index (κ3) is 6.26. The summed E-state index contributed by atoms with van der Waals surface area (Å²) in [5.41, 5.74) is 15.2. The van der Waals surface area contributed by atoms with Gasteiger partial charge in [0.1, 0.15) is 11.2 Å². The first-order valence-electron chi connectivity index (χ1n) is 23.8. The van der Waals surface area contributed by atoms with Gasteiger partial charge in [-0.15, -0.1) is 0 Å². The van der Waals surface area contributed by atoms with Crippen LogP contribution in [0, 0.1) is 13.8 Å². The monoisotopic (exact) mass is 856 g/mol. The lowest BCUT2D eigenvalue weighted by Gasteiger charge is -2.30. The van der Waals surface area contributed by atoms with Crippen molar-refractivity contribution in [3.63, 3.8) is 0 Å². The van der Waals surface area contributed by atoms with Crippen molar-refractivity contribution in [1.29, 1.82) is 0 Å². The highest BCUT2D eigenvalue weighted by Crippen LogP contribution is 2.51. The van der Waals surface area contributed by atoms with Crippen molar-refractivity contribution in [2.24, 2.45) is 0 Å². The van der Waals surface area contributed by atoms with E-state index in [1.165, 1.54) is 65.3 Å². The molecule has 66 heavy (non-hydrogen) atoms. The van der Waals surface area contributed by atoms with Crippen LogP contribution >= 0.6 is 0 Å². The van der Waals surface area contributed by atoms with E-state index in [4.69, 9.17) is 8.83 Å². The molecule has 0 saturated carbocycles. The summed E-state index contributed by atoms with van der Waals surface area (Å²) in [7, 11) is 0. The highest BCUT2D eigenvalue weighted by atomic mass is 16.3. The summed E-state index contributed by atoms with van der Waals surface area (Å²) >= 11 is 0. The fourth-order valence-corrected chi connectivity index (χ4v) is 10.8. The molecule has 0 aliphatic carbocycles. The lowest BCUT2D eigenvalue weighted by atomic mass is 9.88. The molecule has 0 bridgehead atoms. The summed E-state index contributed by atoms with van der Waals surface area (Å²) < 4.78 is 14.1. The van der Waals surface area contributed by atoms with Gasteiger partial charge in [0.15, 0.2) is 11.2 Å². The second kappa shape index (κ2) is 16.2. The molecule has 2 aromatic heterocycles. The molecule has 0 spiro atoms. The molecule has 0 saturated heterocycles. The van der Waals surface area contributed by atoms with Gasteiger partial charge in [-0.25, -0.2) is 0 Å². The van der Waals surface area contributed by atoms with Gasteiger partial charge in [-0.05, 0) is 132 Å². The maximum absolute atomic E-state index is 7.05. The number of unbranched alkanes of at least 4 members (excludes halogenated alkanes) is 2. The first-order chi connectivity index (χ1) is 32.5. The van der Waals surface area contributed by atoms with E-state index in [9.17, 15) is 0 Å². The summed E-state index contributed by atoms with van der Waals surface area (Å²) in [6.45, 7) is 9.03. The van der Waals surface area contributed by atoms with Gasteiger partial charge in [-0.2, -0.15) is 0 Å². The molecule has 4 heteroatoms. The zero-order valence-electron chi connectivity index (χ0n) is 38.1. The number of rotatable bonds is 12. The lowest BCUT2D eigenvalue weighted by Crippen LogP contribution is -2.12. The lowest BCUT2D eigenvalue weighted by molar-refractivity contribution is 0.658. The van der Waals surface area contributed by atoms with E-state index in [-0.39, 0.29) is 0 Å². The van der Waals surface area contributed by atoms with Crippen molar-refractivity contribution in [2.45, 2.75) is 66.2 Å². The Hall–Kier alpha value is -7.56. The van der Waals surface area contributed by atoms with Crippen molar-refractivity contribution in [1.82, 2.24) is 0 Å². The molecule has 0 amide bonds. The van der Waals surface area contributed by atoms with Gasteiger partial charge in [0, 0.05) is 43.7 Å². The standard InChI is InChI=1S/C62H52N2O2/c1-5-7-19-41-21-15-27-47-49-29-17-31-53(61(49)65-59(41)47)63(43-23-11-9-12-24-43)55-37-39(3)45-34-36-52-56(38-40(4)46-33-35-51(55)57(45)58(46)52)64(44-25-13-10-14-26-44)54-32-18-30-50-48-28-16-22-42(20-8-6-2)60(48)66-62(50)54/h9-18,21-38H,5-8,19-20H2,1-4H3.